The normalized spacial score (nSPS) is 11.2. The third kappa shape index (κ3) is 1.85. The zero-order valence-electron chi connectivity index (χ0n) is 9.83. The minimum absolute atomic E-state index is 0.0904. The van der Waals surface area contributed by atoms with E-state index in [1.165, 1.54) is 4.40 Å². The number of imidazole rings is 1. The quantitative estimate of drug-likeness (QED) is 0.716. The number of hydrogen-bond donors (Lipinski definition) is 2. The predicted molar refractivity (Wildman–Crippen MR) is 67.1 cm³/mol. The number of para-hydroxylation sites is 2. The maximum absolute atomic E-state index is 12.3. The van der Waals surface area contributed by atoms with Crippen LogP contribution in [0.4, 0.5) is 0 Å². The predicted octanol–water partition coefficient (Wildman–Crippen LogP) is 0.588. The molecule has 7 heteroatoms. The Morgan fingerprint density at radius 2 is 2.16 bits per heavy atom. The van der Waals surface area contributed by atoms with Crippen LogP contribution in [0.1, 0.15) is 12.1 Å². The maximum atomic E-state index is 12.3. The van der Waals surface area contributed by atoms with Crippen molar-refractivity contribution in [2.45, 2.75) is 12.8 Å². The van der Waals surface area contributed by atoms with Gasteiger partial charge in [-0.1, -0.05) is 12.1 Å². The second-order valence-corrected chi connectivity index (χ2v) is 4.13. The molecule has 0 radical (unpaired) electrons. The molecule has 0 saturated carbocycles. The average molecular weight is 258 g/mol. The summed E-state index contributed by atoms with van der Waals surface area (Å²) in [4.78, 5) is 27.1. The standard InChI is InChI=1S/C12H10N4O3/c17-10(18)6-5-8-11(19)16-9-4-2-1-3-7(9)13-12(16)15-14-8/h1-4H,5-6H2,(H,13,15)(H,17,18). The van der Waals surface area contributed by atoms with Crippen molar-refractivity contribution in [3.8, 4) is 0 Å². The molecule has 1 aromatic carbocycles. The smallest absolute Gasteiger partial charge is 0.303 e. The molecule has 3 aromatic rings. The van der Waals surface area contributed by atoms with Crippen LogP contribution >= 0.6 is 0 Å². The lowest BCUT2D eigenvalue weighted by atomic mass is 10.2. The Kier molecular flexibility index (Phi) is 2.52. The number of hydrogen-bond acceptors (Lipinski definition) is 4. The van der Waals surface area contributed by atoms with Crippen molar-refractivity contribution < 1.29 is 9.90 Å². The number of carbonyl (C=O) groups is 1. The number of H-pyrrole nitrogens is 1. The van der Waals surface area contributed by atoms with E-state index < -0.39 is 5.97 Å². The summed E-state index contributed by atoms with van der Waals surface area (Å²) in [6.07, 6.45) is -0.0403. The van der Waals surface area contributed by atoms with Crippen LogP contribution in [0, 0.1) is 0 Å². The molecule has 2 N–H and O–H groups in total. The lowest BCUT2D eigenvalue weighted by Gasteiger charge is -1.99. The number of nitrogens with zero attached hydrogens (tertiary/aromatic N) is 3. The van der Waals surface area contributed by atoms with Crippen molar-refractivity contribution in [1.82, 2.24) is 19.6 Å². The van der Waals surface area contributed by atoms with Gasteiger partial charge in [-0.2, -0.15) is 5.10 Å². The Bertz CT molecular complexity index is 834. The average Bonchev–Trinajstić information content (AvgIpc) is 2.76. The highest BCUT2D eigenvalue weighted by atomic mass is 16.4. The van der Waals surface area contributed by atoms with Crippen LogP contribution < -0.4 is 5.56 Å². The van der Waals surface area contributed by atoms with Crippen molar-refractivity contribution in [3.05, 3.63) is 40.3 Å². The summed E-state index contributed by atoms with van der Waals surface area (Å²) in [6.45, 7) is 0. The number of benzene rings is 1. The molecule has 0 saturated heterocycles. The first-order valence-corrected chi connectivity index (χ1v) is 5.73. The molecular formula is C12H10N4O3. The topological polar surface area (TPSA) is 100 Å². The third-order valence-electron chi connectivity index (χ3n) is 2.88. The molecule has 7 nitrogen and oxygen atoms in total. The molecule has 0 aliphatic rings. The molecular weight excluding hydrogens is 248 g/mol. The summed E-state index contributed by atoms with van der Waals surface area (Å²) >= 11 is 0. The molecule has 0 unspecified atom stereocenters. The summed E-state index contributed by atoms with van der Waals surface area (Å²) < 4.78 is 1.42. The van der Waals surface area contributed by atoms with E-state index in [2.05, 4.69) is 15.2 Å². The van der Waals surface area contributed by atoms with Crippen LogP contribution in [-0.2, 0) is 11.2 Å². The van der Waals surface area contributed by atoms with Crippen LogP contribution in [0.5, 0.6) is 0 Å². The molecule has 3 rings (SSSR count). The highest BCUT2D eigenvalue weighted by Gasteiger charge is 2.12. The zero-order valence-corrected chi connectivity index (χ0v) is 9.83. The molecule has 0 fully saturated rings. The van der Waals surface area contributed by atoms with Gasteiger partial charge in [0.25, 0.3) is 5.56 Å². The number of carboxylic acids is 1. The lowest BCUT2D eigenvalue weighted by Crippen LogP contribution is -2.21. The largest absolute Gasteiger partial charge is 0.481 e. The number of rotatable bonds is 3. The molecule has 2 aromatic heterocycles. The SMILES string of the molecule is O=C(O)CCc1n[nH]c2nc3ccccc3n2c1=O. The van der Waals surface area contributed by atoms with E-state index in [4.69, 9.17) is 5.11 Å². The highest BCUT2D eigenvalue weighted by molar-refractivity contribution is 5.79. The molecule has 0 aliphatic heterocycles. The molecule has 0 aliphatic carbocycles. The van der Waals surface area contributed by atoms with Gasteiger partial charge in [-0.05, 0) is 12.1 Å². The van der Waals surface area contributed by atoms with Crippen molar-refractivity contribution in [3.63, 3.8) is 0 Å². The van der Waals surface area contributed by atoms with Crippen molar-refractivity contribution in [1.29, 1.82) is 0 Å². The van der Waals surface area contributed by atoms with Gasteiger partial charge in [-0.25, -0.2) is 14.5 Å². The Morgan fingerprint density at radius 3 is 2.95 bits per heavy atom. The highest BCUT2D eigenvalue weighted by Crippen LogP contribution is 2.12. The van der Waals surface area contributed by atoms with Gasteiger partial charge < -0.3 is 5.11 Å². The van der Waals surface area contributed by atoms with Gasteiger partial charge >= 0.3 is 5.97 Å². The van der Waals surface area contributed by atoms with E-state index in [0.717, 1.165) is 0 Å². The zero-order chi connectivity index (χ0) is 13.4. The first kappa shape index (κ1) is 11.4. The molecule has 2 heterocycles. The van der Waals surface area contributed by atoms with E-state index in [0.29, 0.717) is 16.8 Å². The van der Waals surface area contributed by atoms with E-state index in [1.807, 2.05) is 12.1 Å². The lowest BCUT2D eigenvalue weighted by molar-refractivity contribution is -0.136. The van der Waals surface area contributed by atoms with Gasteiger partial charge in [0.1, 0.15) is 5.69 Å². The first-order chi connectivity index (χ1) is 9.16. The second kappa shape index (κ2) is 4.20. The van der Waals surface area contributed by atoms with Gasteiger partial charge in [-0.3, -0.25) is 9.59 Å². The van der Waals surface area contributed by atoms with E-state index in [-0.39, 0.29) is 24.1 Å². The van der Waals surface area contributed by atoms with Gasteiger partial charge in [0.15, 0.2) is 0 Å². The Hall–Kier alpha value is -2.70. The molecule has 0 amide bonds. The monoisotopic (exact) mass is 258 g/mol. The summed E-state index contributed by atoms with van der Waals surface area (Å²) in [5.41, 5.74) is 1.23. The molecule has 19 heavy (non-hydrogen) atoms. The number of aromatic nitrogens is 4. The molecule has 0 spiro atoms. The van der Waals surface area contributed by atoms with Gasteiger partial charge in [0, 0.05) is 6.42 Å². The van der Waals surface area contributed by atoms with Crippen LogP contribution in [-0.4, -0.2) is 30.7 Å². The Morgan fingerprint density at radius 1 is 1.37 bits per heavy atom. The summed E-state index contributed by atoms with van der Waals surface area (Å²) in [7, 11) is 0. The number of aliphatic carboxylic acids is 1. The number of aryl methyl sites for hydroxylation is 1. The maximum Gasteiger partial charge on any atom is 0.303 e. The number of aromatic amines is 1. The fraction of sp³-hybridized carbons (Fsp3) is 0.167. The van der Waals surface area contributed by atoms with E-state index in [1.54, 1.807) is 12.1 Å². The number of carboxylic acid groups (broad SMARTS) is 1. The summed E-state index contributed by atoms with van der Waals surface area (Å²) in [5.74, 6) is -0.609. The fourth-order valence-corrected chi connectivity index (χ4v) is 1.99. The fourth-order valence-electron chi connectivity index (χ4n) is 1.99. The molecule has 0 atom stereocenters. The van der Waals surface area contributed by atoms with Crippen molar-refractivity contribution in [2.75, 3.05) is 0 Å². The van der Waals surface area contributed by atoms with Crippen LogP contribution in [0.2, 0.25) is 0 Å². The van der Waals surface area contributed by atoms with E-state index in [9.17, 15) is 9.59 Å². The number of nitrogens with one attached hydrogen (secondary N) is 1. The minimum Gasteiger partial charge on any atom is -0.481 e. The van der Waals surface area contributed by atoms with Crippen LogP contribution in [0.15, 0.2) is 29.1 Å². The van der Waals surface area contributed by atoms with Crippen LogP contribution in [0.3, 0.4) is 0 Å². The third-order valence-corrected chi connectivity index (χ3v) is 2.88. The first-order valence-electron chi connectivity index (χ1n) is 5.73. The second-order valence-electron chi connectivity index (χ2n) is 4.13. The van der Waals surface area contributed by atoms with Crippen LogP contribution in [0.25, 0.3) is 16.8 Å². The molecule has 96 valence electrons. The summed E-state index contributed by atoms with van der Waals surface area (Å²) in [5, 5.41) is 15.2. The Balaban J connectivity index is 2.22. The Labute approximate surface area is 106 Å². The van der Waals surface area contributed by atoms with Crippen molar-refractivity contribution >= 4 is 22.8 Å². The minimum atomic E-state index is -0.961. The summed E-state index contributed by atoms with van der Waals surface area (Å²) in [6, 6.07) is 7.23. The van der Waals surface area contributed by atoms with Crippen molar-refractivity contribution in [2.24, 2.45) is 0 Å². The molecule has 0 bridgehead atoms. The van der Waals surface area contributed by atoms with Gasteiger partial charge in [-0.15, -0.1) is 0 Å². The van der Waals surface area contributed by atoms with E-state index >= 15 is 0 Å². The van der Waals surface area contributed by atoms with Gasteiger partial charge in [0.05, 0.1) is 17.5 Å². The van der Waals surface area contributed by atoms with Gasteiger partial charge in [0.2, 0.25) is 5.78 Å². The number of fused-ring (bicyclic) bond motifs is 3.